The molecule has 3 N–H and O–H groups in total. The zero-order valence-electron chi connectivity index (χ0n) is 11.9. The molecule has 4 heteroatoms. The number of hydrogen-bond acceptors (Lipinski definition) is 3. The molecular formula is C17H18N2O2. The van der Waals surface area contributed by atoms with Gasteiger partial charge in [-0.05, 0) is 61.2 Å². The summed E-state index contributed by atoms with van der Waals surface area (Å²) in [5.41, 5.74) is 4.36. The average molecular weight is 282 g/mol. The minimum Gasteiger partial charge on any atom is -0.508 e. The second kappa shape index (κ2) is 5.48. The van der Waals surface area contributed by atoms with Crippen LogP contribution in [0.4, 0.5) is 11.4 Å². The van der Waals surface area contributed by atoms with Crippen molar-refractivity contribution < 1.29 is 9.90 Å². The molecule has 108 valence electrons. The third-order valence-electron chi connectivity index (χ3n) is 3.77. The largest absolute Gasteiger partial charge is 0.508 e. The number of anilines is 2. The molecule has 1 aliphatic rings. The first-order valence-corrected chi connectivity index (χ1v) is 7.11. The molecule has 0 spiro atoms. The zero-order chi connectivity index (χ0) is 14.8. The van der Waals surface area contributed by atoms with Gasteiger partial charge in [-0.2, -0.15) is 0 Å². The number of aryl methyl sites for hydroxylation is 2. The quantitative estimate of drug-likeness (QED) is 0.792. The van der Waals surface area contributed by atoms with Crippen LogP contribution in [-0.2, 0) is 6.42 Å². The van der Waals surface area contributed by atoms with Crippen molar-refractivity contribution in [1.82, 2.24) is 0 Å². The molecule has 0 saturated carbocycles. The number of phenols is 1. The molecule has 2 aromatic carbocycles. The Morgan fingerprint density at radius 1 is 1.24 bits per heavy atom. The van der Waals surface area contributed by atoms with Crippen molar-refractivity contribution in [1.29, 1.82) is 0 Å². The van der Waals surface area contributed by atoms with E-state index in [1.54, 1.807) is 19.1 Å². The number of amides is 1. The Morgan fingerprint density at radius 3 is 2.90 bits per heavy atom. The predicted octanol–water partition coefficient (Wildman–Crippen LogP) is 3.31. The molecule has 2 aromatic rings. The van der Waals surface area contributed by atoms with Crippen LogP contribution in [-0.4, -0.2) is 17.6 Å². The third-order valence-corrected chi connectivity index (χ3v) is 3.77. The van der Waals surface area contributed by atoms with E-state index >= 15 is 0 Å². The van der Waals surface area contributed by atoms with Crippen LogP contribution in [0.1, 0.15) is 27.9 Å². The van der Waals surface area contributed by atoms with E-state index in [-0.39, 0.29) is 11.7 Å². The lowest BCUT2D eigenvalue weighted by atomic mass is 10.0. The second-order valence-electron chi connectivity index (χ2n) is 5.36. The van der Waals surface area contributed by atoms with E-state index in [0.717, 1.165) is 36.3 Å². The molecule has 0 aliphatic carbocycles. The van der Waals surface area contributed by atoms with Gasteiger partial charge in [0.25, 0.3) is 5.91 Å². The highest BCUT2D eigenvalue weighted by atomic mass is 16.3. The van der Waals surface area contributed by atoms with Gasteiger partial charge in [-0.25, -0.2) is 0 Å². The summed E-state index contributed by atoms with van der Waals surface area (Å²) in [6, 6.07) is 10.8. The van der Waals surface area contributed by atoms with Crippen molar-refractivity contribution in [2.75, 3.05) is 17.2 Å². The molecule has 0 aromatic heterocycles. The molecule has 1 amide bonds. The van der Waals surface area contributed by atoms with Crippen LogP contribution in [0.15, 0.2) is 36.4 Å². The number of hydrogen-bond donors (Lipinski definition) is 3. The Morgan fingerprint density at radius 2 is 2.10 bits per heavy atom. The van der Waals surface area contributed by atoms with Gasteiger partial charge in [-0.1, -0.05) is 6.07 Å². The molecule has 0 fully saturated rings. The summed E-state index contributed by atoms with van der Waals surface area (Å²) in [6.45, 7) is 2.80. The third kappa shape index (κ3) is 2.84. The fourth-order valence-corrected chi connectivity index (χ4v) is 2.51. The summed E-state index contributed by atoms with van der Waals surface area (Å²) in [7, 11) is 0. The van der Waals surface area contributed by atoms with E-state index in [9.17, 15) is 9.90 Å². The number of rotatable bonds is 2. The summed E-state index contributed by atoms with van der Waals surface area (Å²) in [6.07, 6.45) is 2.13. The second-order valence-corrected chi connectivity index (χ2v) is 5.36. The average Bonchev–Trinajstić information content (AvgIpc) is 2.50. The van der Waals surface area contributed by atoms with Crippen molar-refractivity contribution >= 4 is 17.3 Å². The topological polar surface area (TPSA) is 61.4 Å². The van der Waals surface area contributed by atoms with Gasteiger partial charge in [0.1, 0.15) is 5.75 Å². The van der Waals surface area contributed by atoms with Crippen molar-refractivity contribution in [3.8, 4) is 5.75 Å². The summed E-state index contributed by atoms with van der Waals surface area (Å²) in [4.78, 5) is 12.2. The van der Waals surface area contributed by atoms with Gasteiger partial charge in [0, 0.05) is 23.5 Å². The molecule has 1 aliphatic heterocycles. The van der Waals surface area contributed by atoms with E-state index in [1.807, 2.05) is 18.2 Å². The van der Waals surface area contributed by atoms with Crippen molar-refractivity contribution in [2.45, 2.75) is 19.8 Å². The summed E-state index contributed by atoms with van der Waals surface area (Å²) in [5, 5.41) is 15.9. The number of fused-ring (bicyclic) bond motifs is 1. The highest BCUT2D eigenvalue weighted by molar-refractivity contribution is 6.04. The fraction of sp³-hybridized carbons (Fsp3) is 0.235. The van der Waals surface area contributed by atoms with E-state index in [4.69, 9.17) is 0 Å². The summed E-state index contributed by atoms with van der Waals surface area (Å²) >= 11 is 0. The molecule has 1 heterocycles. The lowest BCUT2D eigenvalue weighted by Crippen LogP contribution is -2.14. The molecule has 0 bridgehead atoms. The maximum Gasteiger partial charge on any atom is 0.255 e. The van der Waals surface area contributed by atoms with E-state index in [2.05, 4.69) is 10.6 Å². The molecule has 0 radical (unpaired) electrons. The number of carbonyl (C=O) groups is 1. The number of benzene rings is 2. The first-order chi connectivity index (χ1) is 10.1. The van der Waals surface area contributed by atoms with Crippen LogP contribution in [0.25, 0.3) is 0 Å². The molecule has 0 saturated heterocycles. The highest BCUT2D eigenvalue weighted by Crippen LogP contribution is 2.25. The van der Waals surface area contributed by atoms with Crippen LogP contribution in [0.2, 0.25) is 0 Å². The minimum absolute atomic E-state index is 0.136. The van der Waals surface area contributed by atoms with Crippen LogP contribution in [0.5, 0.6) is 5.75 Å². The van der Waals surface area contributed by atoms with Gasteiger partial charge < -0.3 is 15.7 Å². The zero-order valence-corrected chi connectivity index (χ0v) is 11.9. The van der Waals surface area contributed by atoms with Gasteiger partial charge in [-0.3, -0.25) is 4.79 Å². The number of phenolic OH excluding ortho intramolecular Hbond substituents is 1. The Bertz CT molecular complexity index is 695. The first kappa shape index (κ1) is 13.5. The normalized spacial score (nSPS) is 13.2. The van der Waals surface area contributed by atoms with Gasteiger partial charge in [-0.15, -0.1) is 0 Å². The molecule has 21 heavy (non-hydrogen) atoms. The monoisotopic (exact) mass is 282 g/mol. The van der Waals surface area contributed by atoms with Gasteiger partial charge in [0.05, 0.1) is 0 Å². The SMILES string of the molecule is Cc1ccc(C(=O)Nc2ccc3c(c2)CCCN3)cc1O. The fourth-order valence-electron chi connectivity index (χ4n) is 2.51. The maximum atomic E-state index is 12.2. The van der Waals surface area contributed by atoms with Gasteiger partial charge >= 0.3 is 0 Å². The van der Waals surface area contributed by atoms with Crippen molar-refractivity contribution in [2.24, 2.45) is 0 Å². The lowest BCUT2D eigenvalue weighted by molar-refractivity contribution is 0.102. The van der Waals surface area contributed by atoms with Crippen LogP contribution in [0, 0.1) is 6.92 Å². The Balaban J connectivity index is 1.79. The van der Waals surface area contributed by atoms with Crippen LogP contribution >= 0.6 is 0 Å². The van der Waals surface area contributed by atoms with Crippen LogP contribution < -0.4 is 10.6 Å². The molecule has 0 atom stereocenters. The van der Waals surface area contributed by atoms with Crippen molar-refractivity contribution in [3.05, 3.63) is 53.1 Å². The number of carbonyl (C=O) groups excluding carboxylic acids is 1. The smallest absolute Gasteiger partial charge is 0.255 e. The maximum absolute atomic E-state index is 12.2. The first-order valence-electron chi connectivity index (χ1n) is 7.11. The number of aromatic hydroxyl groups is 1. The van der Waals surface area contributed by atoms with E-state index in [1.165, 1.54) is 11.6 Å². The highest BCUT2D eigenvalue weighted by Gasteiger charge is 2.11. The number of nitrogens with one attached hydrogen (secondary N) is 2. The lowest BCUT2D eigenvalue weighted by Gasteiger charge is -2.18. The van der Waals surface area contributed by atoms with Crippen molar-refractivity contribution in [3.63, 3.8) is 0 Å². The van der Waals surface area contributed by atoms with E-state index in [0.29, 0.717) is 5.56 Å². The Kier molecular flexibility index (Phi) is 3.52. The summed E-state index contributed by atoms with van der Waals surface area (Å²) < 4.78 is 0. The van der Waals surface area contributed by atoms with Gasteiger partial charge in [0.2, 0.25) is 0 Å². The molecule has 3 rings (SSSR count). The van der Waals surface area contributed by atoms with Gasteiger partial charge in [0.15, 0.2) is 0 Å². The molecule has 0 unspecified atom stereocenters. The Labute approximate surface area is 123 Å². The molecule has 4 nitrogen and oxygen atoms in total. The Hall–Kier alpha value is -2.49. The minimum atomic E-state index is -0.214. The standard InChI is InChI=1S/C17H18N2O2/c1-11-4-5-13(10-16(11)20)17(21)19-14-6-7-15-12(9-14)3-2-8-18-15/h4-7,9-10,18,20H,2-3,8H2,1H3,(H,19,21). The predicted molar refractivity (Wildman–Crippen MR) is 84.0 cm³/mol. The molecular weight excluding hydrogens is 264 g/mol. The summed E-state index contributed by atoms with van der Waals surface area (Å²) in [5.74, 6) is -0.0775. The van der Waals surface area contributed by atoms with E-state index < -0.39 is 0 Å². The van der Waals surface area contributed by atoms with Crippen LogP contribution in [0.3, 0.4) is 0 Å².